The largest absolute Gasteiger partial charge is 0.399 e. The second kappa shape index (κ2) is 4.82. The van der Waals surface area contributed by atoms with E-state index in [1.807, 2.05) is 7.05 Å². The molecule has 0 bridgehead atoms. The Morgan fingerprint density at radius 2 is 2.24 bits per heavy atom. The average Bonchev–Trinajstić information content (AvgIpc) is 2.63. The summed E-state index contributed by atoms with van der Waals surface area (Å²) in [5.74, 6) is 0.410. The van der Waals surface area contributed by atoms with Gasteiger partial charge in [-0.05, 0) is 18.2 Å². The van der Waals surface area contributed by atoms with E-state index in [2.05, 4.69) is 15.4 Å². The Labute approximate surface area is 98.5 Å². The summed E-state index contributed by atoms with van der Waals surface area (Å²) in [7, 11) is 1.82. The monoisotopic (exact) mass is 235 g/mol. The summed E-state index contributed by atoms with van der Waals surface area (Å²) in [4.78, 5) is 4.10. The molecular formula is C11H14FN5. The molecule has 0 aliphatic heterocycles. The molecule has 1 aromatic carbocycles. The van der Waals surface area contributed by atoms with Crippen LogP contribution >= 0.6 is 0 Å². The molecule has 0 saturated carbocycles. The lowest BCUT2D eigenvalue weighted by atomic mass is 10.2. The van der Waals surface area contributed by atoms with Gasteiger partial charge in [-0.15, -0.1) is 0 Å². The van der Waals surface area contributed by atoms with Gasteiger partial charge in [0.1, 0.15) is 12.1 Å². The van der Waals surface area contributed by atoms with Gasteiger partial charge in [-0.1, -0.05) is 0 Å². The van der Waals surface area contributed by atoms with Crippen molar-refractivity contribution in [3.05, 3.63) is 36.2 Å². The predicted octanol–water partition coefficient (Wildman–Crippen LogP) is 1.19. The Morgan fingerprint density at radius 3 is 2.88 bits per heavy atom. The van der Waals surface area contributed by atoms with Crippen molar-refractivity contribution >= 4 is 11.4 Å². The van der Waals surface area contributed by atoms with Crippen molar-refractivity contribution in [2.24, 2.45) is 7.05 Å². The van der Waals surface area contributed by atoms with Crippen LogP contribution in [-0.2, 0) is 13.5 Å². The zero-order chi connectivity index (χ0) is 12.3. The molecule has 3 N–H and O–H groups in total. The van der Waals surface area contributed by atoms with Crippen LogP contribution in [0.3, 0.4) is 0 Å². The summed E-state index contributed by atoms with van der Waals surface area (Å²) in [5, 5.41) is 7.22. The molecule has 2 rings (SSSR count). The van der Waals surface area contributed by atoms with E-state index >= 15 is 0 Å². The van der Waals surface area contributed by atoms with Crippen molar-refractivity contribution in [2.75, 3.05) is 17.6 Å². The van der Waals surface area contributed by atoms with Crippen LogP contribution in [0.4, 0.5) is 15.8 Å². The molecule has 6 heteroatoms. The third kappa shape index (κ3) is 3.17. The van der Waals surface area contributed by atoms with Crippen molar-refractivity contribution < 1.29 is 4.39 Å². The Morgan fingerprint density at radius 1 is 1.41 bits per heavy atom. The highest BCUT2D eigenvalue weighted by molar-refractivity contribution is 5.54. The van der Waals surface area contributed by atoms with Crippen LogP contribution in [-0.4, -0.2) is 21.3 Å². The topological polar surface area (TPSA) is 68.8 Å². The molecule has 0 radical (unpaired) electrons. The normalized spacial score (nSPS) is 10.5. The van der Waals surface area contributed by atoms with E-state index in [9.17, 15) is 4.39 Å². The van der Waals surface area contributed by atoms with Gasteiger partial charge in [0.25, 0.3) is 0 Å². The number of benzene rings is 1. The zero-order valence-electron chi connectivity index (χ0n) is 9.52. The van der Waals surface area contributed by atoms with Crippen molar-refractivity contribution in [3.63, 3.8) is 0 Å². The molecule has 1 heterocycles. The highest BCUT2D eigenvalue weighted by Crippen LogP contribution is 2.15. The number of nitrogens with one attached hydrogen (secondary N) is 1. The second-order valence-electron chi connectivity index (χ2n) is 3.78. The number of halogens is 1. The summed E-state index contributed by atoms with van der Waals surface area (Å²) in [6, 6.07) is 4.38. The van der Waals surface area contributed by atoms with Crippen LogP contribution in [0.15, 0.2) is 24.5 Å². The number of aryl methyl sites for hydroxylation is 1. The van der Waals surface area contributed by atoms with E-state index in [0.717, 1.165) is 5.82 Å². The van der Waals surface area contributed by atoms with Gasteiger partial charge >= 0.3 is 0 Å². The standard InChI is InChI=1S/C11H14FN5/c1-17-7-15-11(16-17)2-3-14-10-5-8(12)4-9(13)6-10/h4-7,14H,2-3,13H2,1H3. The van der Waals surface area contributed by atoms with Crippen LogP contribution in [0.1, 0.15) is 5.82 Å². The molecule has 0 unspecified atom stereocenters. The van der Waals surface area contributed by atoms with Gasteiger partial charge in [-0.25, -0.2) is 9.37 Å². The molecule has 0 spiro atoms. The molecule has 0 fully saturated rings. The average molecular weight is 235 g/mol. The highest BCUT2D eigenvalue weighted by Gasteiger charge is 2.00. The summed E-state index contributed by atoms with van der Waals surface area (Å²) in [6.45, 7) is 0.632. The van der Waals surface area contributed by atoms with Crippen LogP contribution in [0.25, 0.3) is 0 Å². The Bertz CT molecular complexity index is 488. The lowest BCUT2D eigenvalue weighted by molar-refractivity contribution is 0.629. The number of hydrogen-bond acceptors (Lipinski definition) is 4. The second-order valence-corrected chi connectivity index (χ2v) is 3.78. The first kappa shape index (κ1) is 11.4. The smallest absolute Gasteiger partial charge is 0.152 e. The number of hydrogen-bond donors (Lipinski definition) is 2. The van der Waals surface area contributed by atoms with E-state index in [1.54, 1.807) is 17.1 Å². The molecule has 5 nitrogen and oxygen atoms in total. The van der Waals surface area contributed by atoms with Crippen molar-refractivity contribution in [3.8, 4) is 0 Å². The summed E-state index contributed by atoms with van der Waals surface area (Å²) >= 11 is 0. The fourth-order valence-corrected chi connectivity index (χ4v) is 1.53. The Kier molecular flexibility index (Phi) is 3.22. The fraction of sp³-hybridized carbons (Fsp3) is 0.273. The van der Waals surface area contributed by atoms with Crippen LogP contribution < -0.4 is 11.1 Å². The minimum Gasteiger partial charge on any atom is -0.399 e. The first-order valence-electron chi connectivity index (χ1n) is 5.28. The molecule has 1 aromatic heterocycles. The minimum absolute atomic E-state index is 0.344. The molecule has 0 amide bonds. The summed E-state index contributed by atoms with van der Waals surface area (Å²) < 4.78 is 14.7. The van der Waals surface area contributed by atoms with Gasteiger partial charge < -0.3 is 11.1 Å². The number of nitrogens with two attached hydrogens (primary N) is 1. The van der Waals surface area contributed by atoms with Crippen LogP contribution in [0.5, 0.6) is 0 Å². The van der Waals surface area contributed by atoms with Crippen LogP contribution in [0, 0.1) is 5.82 Å². The molecule has 0 atom stereocenters. The van der Waals surface area contributed by atoms with E-state index in [4.69, 9.17) is 5.73 Å². The zero-order valence-corrected chi connectivity index (χ0v) is 9.52. The van der Waals surface area contributed by atoms with Gasteiger partial charge in [-0.3, -0.25) is 4.68 Å². The number of rotatable bonds is 4. The summed E-state index contributed by atoms with van der Waals surface area (Å²) in [6.07, 6.45) is 2.33. The van der Waals surface area contributed by atoms with E-state index in [-0.39, 0.29) is 5.82 Å². The van der Waals surface area contributed by atoms with Crippen molar-refractivity contribution in [1.82, 2.24) is 14.8 Å². The van der Waals surface area contributed by atoms with Gasteiger partial charge in [-0.2, -0.15) is 5.10 Å². The fourth-order valence-electron chi connectivity index (χ4n) is 1.53. The maximum absolute atomic E-state index is 13.0. The first-order valence-corrected chi connectivity index (χ1v) is 5.28. The molecule has 0 aliphatic rings. The quantitative estimate of drug-likeness (QED) is 0.781. The van der Waals surface area contributed by atoms with E-state index in [1.165, 1.54) is 12.1 Å². The number of nitrogen functional groups attached to an aromatic ring is 1. The number of aromatic nitrogens is 3. The SMILES string of the molecule is Cn1cnc(CCNc2cc(N)cc(F)c2)n1. The van der Waals surface area contributed by atoms with Gasteiger partial charge in [0.15, 0.2) is 5.82 Å². The molecule has 0 saturated heterocycles. The van der Waals surface area contributed by atoms with E-state index in [0.29, 0.717) is 24.3 Å². The summed E-state index contributed by atoms with van der Waals surface area (Å²) in [5.41, 5.74) is 6.61. The predicted molar refractivity (Wildman–Crippen MR) is 64.0 cm³/mol. The maximum atomic E-state index is 13.0. The molecule has 0 aliphatic carbocycles. The molecule has 2 aromatic rings. The number of nitrogens with zero attached hydrogens (tertiary/aromatic N) is 3. The maximum Gasteiger partial charge on any atom is 0.152 e. The van der Waals surface area contributed by atoms with E-state index < -0.39 is 0 Å². The Hall–Kier alpha value is -2.11. The molecule has 17 heavy (non-hydrogen) atoms. The third-order valence-corrected chi connectivity index (χ3v) is 2.24. The highest BCUT2D eigenvalue weighted by atomic mass is 19.1. The van der Waals surface area contributed by atoms with Crippen molar-refractivity contribution in [2.45, 2.75) is 6.42 Å². The lowest BCUT2D eigenvalue weighted by Gasteiger charge is -2.06. The van der Waals surface area contributed by atoms with Crippen LogP contribution in [0.2, 0.25) is 0 Å². The third-order valence-electron chi connectivity index (χ3n) is 2.24. The minimum atomic E-state index is -0.344. The Balaban J connectivity index is 1.89. The lowest BCUT2D eigenvalue weighted by Crippen LogP contribution is -2.07. The first-order chi connectivity index (χ1) is 8.13. The van der Waals surface area contributed by atoms with Gasteiger partial charge in [0, 0.05) is 31.4 Å². The van der Waals surface area contributed by atoms with Gasteiger partial charge in [0.2, 0.25) is 0 Å². The number of anilines is 2. The van der Waals surface area contributed by atoms with Gasteiger partial charge in [0.05, 0.1) is 0 Å². The molecule has 90 valence electrons. The van der Waals surface area contributed by atoms with Crippen molar-refractivity contribution in [1.29, 1.82) is 0 Å². The molecular weight excluding hydrogens is 221 g/mol.